The van der Waals surface area contributed by atoms with Gasteiger partial charge in [0.25, 0.3) is 0 Å². The molecule has 0 N–H and O–H groups in total. The van der Waals surface area contributed by atoms with Crippen molar-refractivity contribution in [1.29, 1.82) is 0 Å². The van der Waals surface area contributed by atoms with Crippen molar-refractivity contribution in [2.24, 2.45) is 0 Å². The van der Waals surface area contributed by atoms with E-state index in [-0.39, 0.29) is 4.87 Å². The molecule has 0 aliphatic heterocycles. The lowest BCUT2D eigenvalue weighted by molar-refractivity contribution is 0.657. The molecular formula is C6H6N4OS2. The minimum absolute atomic E-state index is 0.0622. The number of aromatic nitrogens is 4. The molecule has 0 unspecified atom stereocenters. The van der Waals surface area contributed by atoms with Crippen LogP contribution in [0.3, 0.4) is 0 Å². The number of hydrogen-bond donors (Lipinski definition) is 0. The molecule has 2 aromatic heterocycles. The van der Waals surface area contributed by atoms with E-state index < -0.39 is 0 Å². The second kappa shape index (κ2) is 3.35. The van der Waals surface area contributed by atoms with Crippen LogP contribution in [-0.2, 0) is 6.54 Å². The summed E-state index contributed by atoms with van der Waals surface area (Å²) in [6.07, 6.45) is 0. The number of nitrogens with zero attached hydrogens (tertiary/aromatic N) is 4. The van der Waals surface area contributed by atoms with Crippen LogP contribution in [0.5, 0.6) is 0 Å². The Hall–Kier alpha value is -1.08. The molecule has 2 heterocycles. The van der Waals surface area contributed by atoms with E-state index in [9.17, 15) is 4.79 Å². The molecule has 68 valence electrons. The SMILES string of the molecule is Cc1nnc(Cn2ncsc2=O)s1. The Morgan fingerprint density at radius 1 is 1.54 bits per heavy atom. The van der Waals surface area contributed by atoms with E-state index in [0.717, 1.165) is 21.4 Å². The Kier molecular flexibility index (Phi) is 2.19. The summed E-state index contributed by atoms with van der Waals surface area (Å²) in [6, 6.07) is 0. The Bertz CT molecular complexity index is 457. The van der Waals surface area contributed by atoms with Crippen molar-refractivity contribution >= 4 is 22.7 Å². The molecule has 0 saturated heterocycles. The normalized spacial score (nSPS) is 10.5. The average molecular weight is 214 g/mol. The van der Waals surface area contributed by atoms with Crippen LogP contribution in [0.25, 0.3) is 0 Å². The summed E-state index contributed by atoms with van der Waals surface area (Å²) in [7, 11) is 0. The number of hydrogen-bond acceptors (Lipinski definition) is 6. The smallest absolute Gasteiger partial charge is 0.255 e. The topological polar surface area (TPSA) is 60.7 Å². The maximum Gasteiger partial charge on any atom is 0.325 e. The van der Waals surface area contributed by atoms with Gasteiger partial charge in [-0.2, -0.15) is 5.10 Å². The van der Waals surface area contributed by atoms with Crippen LogP contribution in [0.15, 0.2) is 10.3 Å². The van der Waals surface area contributed by atoms with Crippen molar-refractivity contribution < 1.29 is 0 Å². The van der Waals surface area contributed by atoms with Gasteiger partial charge in [0.05, 0.1) is 6.54 Å². The first-order chi connectivity index (χ1) is 6.25. The Morgan fingerprint density at radius 2 is 2.38 bits per heavy atom. The van der Waals surface area contributed by atoms with Crippen LogP contribution in [0.1, 0.15) is 10.0 Å². The molecule has 13 heavy (non-hydrogen) atoms. The Balaban J connectivity index is 2.24. The van der Waals surface area contributed by atoms with E-state index in [1.54, 1.807) is 0 Å². The molecule has 0 amide bonds. The monoisotopic (exact) mass is 214 g/mol. The second-order valence-corrected chi connectivity index (χ2v) is 4.44. The van der Waals surface area contributed by atoms with Gasteiger partial charge in [0.1, 0.15) is 15.5 Å². The van der Waals surface area contributed by atoms with Crippen LogP contribution >= 0.6 is 22.7 Å². The van der Waals surface area contributed by atoms with E-state index in [0.29, 0.717) is 6.54 Å². The van der Waals surface area contributed by atoms with Crippen molar-refractivity contribution in [2.75, 3.05) is 0 Å². The number of rotatable bonds is 2. The molecule has 2 aromatic rings. The molecule has 0 saturated carbocycles. The highest BCUT2D eigenvalue weighted by Gasteiger charge is 2.04. The van der Waals surface area contributed by atoms with Crippen LogP contribution in [0.2, 0.25) is 0 Å². The van der Waals surface area contributed by atoms with Gasteiger partial charge in [0.15, 0.2) is 0 Å². The lowest BCUT2D eigenvalue weighted by Gasteiger charge is -1.91. The van der Waals surface area contributed by atoms with Gasteiger partial charge in [-0.15, -0.1) is 10.2 Å². The molecule has 2 rings (SSSR count). The van der Waals surface area contributed by atoms with Crippen molar-refractivity contribution in [3.05, 3.63) is 25.2 Å². The van der Waals surface area contributed by atoms with Gasteiger partial charge in [-0.3, -0.25) is 4.79 Å². The van der Waals surface area contributed by atoms with E-state index in [2.05, 4.69) is 15.3 Å². The van der Waals surface area contributed by atoms with Crippen LogP contribution in [0.4, 0.5) is 0 Å². The van der Waals surface area contributed by atoms with Gasteiger partial charge in [-0.25, -0.2) is 4.68 Å². The maximum absolute atomic E-state index is 11.1. The van der Waals surface area contributed by atoms with Crippen molar-refractivity contribution in [3.63, 3.8) is 0 Å². The highest BCUT2D eigenvalue weighted by atomic mass is 32.1. The van der Waals surface area contributed by atoms with Gasteiger partial charge in [-0.1, -0.05) is 22.7 Å². The molecule has 0 bridgehead atoms. The first-order valence-electron chi connectivity index (χ1n) is 3.55. The fourth-order valence-electron chi connectivity index (χ4n) is 0.868. The van der Waals surface area contributed by atoms with Crippen molar-refractivity contribution in [1.82, 2.24) is 20.0 Å². The van der Waals surface area contributed by atoms with Gasteiger partial charge in [0.2, 0.25) is 0 Å². The van der Waals surface area contributed by atoms with Crippen molar-refractivity contribution in [3.8, 4) is 0 Å². The second-order valence-electron chi connectivity index (χ2n) is 2.38. The third kappa shape index (κ3) is 1.81. The van der Waals surface area contributed by atoms with Gasteiger partial charge >= 0.3 is 4.87 Å². The lowest BCUT2D eigenvalue weighted by atomic mass is 10.7. The minimum Gasteiger partial charge on any atom is -0.255 e. The zero-order valence-electron chi connectivity index (χ0n) is 6.80. The molecule has 0 atom stereocenters. The summed E-state index contributed by atoms with van der Waals surface area (Å²) in [5.41, 5.74) is 1.52. The molecular weight excluding hydrogens is 208 g/mol. The van der Waals surface area contributed by atoms with E-state index in [1.807, 2.05) is 6.92 Å². The Labute approximate surface area is 81.7 Å². The summed E-state index contributed by atoms with van der Waals surface area (Å²) >= 11 is 2.56. The molecule has 0 spiro atoms. The van der Waals surface area contributed by atoms with Gasteiger partial charge in [-0.05, 0) is 6.92 Å². The zero-order chi connectivity index (χ0) is 9.26. The fraction of sp³-hybridized carbons (Fsp3) is 0.333. The maximum atomic E-state index is 11.1. The summed E-state index contributed by atoms with van der Waals surface area (Å²) < 4.78 is 1.38. The number of aryl methyl sites for hydroxylation is 1. The molecule has 7 heteroatoms. The minimum atomic E-state index is -0.0622. The lowest BCUT2D eigenvalue weighted by Crippen LogP contribution is -2.15. The highest BCUT2D eigenvalue weighted by Crippen LogP contribution is 2.08. The molecule has 0 fully saturated rings. The van der Waals surface area contributed by atoms with Crippen LogP contribution in [0, 0.1) is 6.92 Å². The molecule has 0 aliphatic carbocycles. The highest BCUT2D eigenvalue weighted by molar-refractivity contribution is 7.11. The summed E-state index contributed by atoms with van der Waals surface area (Å²) in [6.45, 7) is 2.30. The van der Waals surface area contributed by atoms with Gasteiger partial charge in [0, 0.05) is 0 Å². The quantitative estimate of drug-likeness (QED) is 0.731. The zero-order valence-corrected chi connectivity index (χ0v) is 8.43. The van der Waals surface area contributed by atoms with E-state index in [1.165, 1.54) is 21.5 Å². The standard InChI is InChI=1S/C6H6N4OS2/c1-4-8-9-5(13-4)2-10-6(11)12-3-7-10/h3H,2H2,1H3. The van der Waals surface area contributed by atoms with Crippen LogP contribution < -0.4 is 4.87 Å². The summed E-state index contributed by atoms with van der Waals surface area (Å²) in [5, 5.41) is 13.4. The first kappa shape index (κ1) is 8.52. The summed E-state index contributed by atoms with van der Waals surface area (Å²) in [5.74, 6) is 0. The fourth-order valence-corrected chi connectivity index (χ4v) is 2.04. The van der Waals surface area contributed by atoms with Crippen LogP contribution in [-0.4, -0.2) is 20.0 Å². The largest absolute Gasteiger partial charge is 0.325 e. The molecule has 0 radical (unpaired) electrons. The molecule has 5 nitrogen and oxygen atoms in total. The first-order valence-corrected chi connectivity index (χ1v) is 5.25. The average Bonchev–Trinajstić information content (AvgIpc) is 2.64. The molecule has 0 aromatic carbocycles. The third-order valence-electron chi connectivity index (χ3n) is 1.40. The summed E-state index contributed by atoms with van der Waals surface area (Å²) in [4.78, 5) is 11.0. The van der Waals surface area contributed by atoms with Crippen molar-refractivity contribution in [2.45, 2.75) is 13.5 Å². The van der Waals surface area contributed by atoms with E-state index in [4.69, 9.17) is 0 Å². The van der Waals surface area contributed by atoms with Gasteiger partial charge < -0.3 is 0 Å². The predicted molar refractivity (Wildman–Crippen MR) is 50.1 cm³/mol. The molecule has 0 aliphatic rings. The third-order valence-corrected chi connectivity index (χ3v) is 2.84. The van der Waals surface area contributed by atoms with E-state index >= 15 is 0 Å². The predicted octanol–water partition coefficient (Wildman–Crippen LogP) is 0.513. The Morgan fingerprint density at radius 3 is 2.92 bits per heavy atom.